The molecule has 13 heteroatoms. The summed E-state index contributed by atoms with van der Waals surface area (Å²) < 4.78 is 158. The lowest BCUT2D eigenvalue weighted by Gasteiger charge is -2.21. The van der Waals surface area contributed by atoms with Gasteiger partial charge in [-0.05, 0) is 60.2 Å². The van der Waals surface area contributed by atoms with Crippen LogP contribution in [-0.2, 0) is 18.7 Å². The highest BCUT2D eigenvalue weighted by molar-refractivity contribution is 5.67. The Bertz CT molecular complexity index is 1720. The van der Waals surface area contributed by atoms with Crippen LogP contribution in [0.4, 0.5) is 48.3 Å². The molecule has 0 aliphatic heterocycles. The minimum Gasteiger partial charge on any atom is -0.429 e. The number of rotatable bonds is 7. The molecule has 0 amide bonds. The molecule has 4 rings (SSSR count). The highest BCUT2D eigenvalue weighted by Crippen LogP contribution is 2.40. The van der Waals surface area contributed by atoms with Crippen molar-refractivity contribution in [2.75, 3.05) is 0 Å². The van der Waals surface area contributed by atoms with Gasteiger partial charge in [0.15, 0.2) is 0 Å². The van der Waals surface area contributed by atoms with Crippen LogP contribution in [0.2, 0.25) is 0 Å². The van der Waals surface area contributed by atoms with E-state index in [2.05, 4.69) is 28.1 Å². The molecular formula is C31H16F11NO. The Morgan fingerprint density at radius 2 is 1.30 bits per heavy atom. The van der Waals surface area contributed by atoms with E-state index in [1.165, 1.54) is 0 Å². The fourth-order valence-corrected chi connectivity index (χ4v) is 4.05. The molecule has 3 aromatic carbocycles. The highest BCUT2D eigenvalue weighted by Gasteiger charge is 2.43. The summed E-state index contributed by atoms with van der Waals surface area (Å²) in [5, 5.41) is 0. The van der Waals surface area contributed by atoms with E-state index in [-0.39, 0.29) is 35.5 Å². The van der Waals surface area contributed by atoms with Gasteiger partial charge in [-0.25, -0.2) is 31.3 Å². The Balaban J connectivity index is 1.61. The molecule has 1 heterocycles. The smallest absolute Gasteiger partial charge is 0.429 e. The van der Waals surface area contributed by atoms with E-state index in [0.717, 1.165) is 24.1 Å². The molecule has 0 fully saturated rings. The van der Waals surface area contributed by atoms with Gasteiger partial charge in [-0.1, -0.05) is 18.1 Å². The average molecular weight is 627 g/mol. The number of ether oxygens (including phenoxy) is 1. The van der Waals surface area contributed by atoms with Crippen LogP contribution in [0.25, 0.3) is 11.1 Å². The Hall–Kier alpha value is -4.86. The van der Waals surface area contributed by atoms with Gasteiger partial charge in [0.2, 0.25) is 0 Å². The molecule has 4 aromatic rings. The first-order valence-corrected chi connectivity index (χ1v) is 12.3. The molecule has 0 unspecified atom stereocenters. The second kappa shape index (κ2) is 12.4. The maximum atomic E-state index is 14.9. The number of hydrogen-bond acceptors (Lipinski definition) is 2. The van der Waals surface area contributed by atoms with Crippen LogP contribution in [0.15, 0.2) is 67.4 Å². The molecule has 0 aliphatic rings. The Labute approximate surface area is 242 Å². The first-order chi connectivity index (χ1) is 20.6. The molecule has 0 atom stereocenters. The minimum absolute atomic E-state index is 0.147. The molecule has 0 aliphatic carbocycles. The zero-order valence-electron chi connectivity index (χ0n) is 21.9. The number of aryl methyl sites for hydroxylation is 1. The molecule has 0 spiro atoms. The monoisotopic (exact) mass is 627 g/mol. The SMILES string of the molecule is C=CCCc1ccc(C#Cc2cc(F)c(-c3cc(F)c(C(F)(F)Oc4cc(F)c(C(F)(F)F)c(F)c4)c(F)c3)c(F)c2)nc1. The lowest BCUT2D eigenvalue weighted by molar-refractivity contribution is -0.189. The second-order valence-electron chi connectivity index (χ2n) is 9.14. The summed E-state index contributed by atoms with van der Waals surface area (Å²) >= 11 is 0. The first kappa shape index (κ1) is 32.1. The number of halogens is 11. The van der Waals surface area contributed by atoms with Gasteiger partial charge in [0.25, 0.3) is 0 Å². The summed E-state index contributed by atoms with van der Waals surface area (Å²) in [6, 6.07) is 4.60. The predicted molar refractivity (Wildman–Crippen MR) is 136 cm³/mol. The van der Waals surface area contributed by atoms with E-state index in [0.29, 0.717) is 6.42 Å². The lowest BCUT2D eigenvalue weighted by atomic mass is 9.99. The van der Waals surface area contributed by atoms with Crippen LogP contribution >= 0.6 is 0 Å². The van der Waals surface area contributed by atoms with Gasteiger partial charge >= 0.3 is 12.3 Å². The van der Waals surface area contributed by atoms with E-state index in [1.54, 1.807) is 24.4 Å². The molecule has 44 heavy (non-hydrogen) atoms. The fraction of sp³-hybridized carbons (Fsp3) is 0.129. The number of benzene rings is 3. The number of allylic oxidation sites excluding steroid dienone is 1. The van der Waals surface area contributed by atoms with Crippen molar-refractivity contribution in [3.05, 3.63) is 130 Å². The fourth-order valence-electron chi connectivity index (χ4n) is 4.05. The van der Waals surface area contributed by atoms with Gasteiger partial charge in [-0.2, -0.15) is 22.0 Å². The van der Waals surface area contributed by atoms with Gasteiger partial charge in [0, 0.05) is 23.9 Å². The van der Waals surface area contributed by atoms with E-state index in [1.807, 2.05) is 0 Å². The topological polar surface area (TPSA) is 22.1 Å². The summed E-state index contributed by atoms with van der Waals surface area (Å²) in [6.07, 6.45) is -5.82. The van der Waals surface area contributed by atoms with Crippen molar-refractivity contribution in [3.63, 3.8) is 0 Å². The van der Waals surface area contributed by atoms with Gasteiger partial charge in [0.05, 0.1) is 5.56 Å². The summed E-state index contributed by atoms with van der Waals surface area (Å²) in [5.74, 6) is -7.99. The van der Waals surface area contributed by atoms with E-state index < -0.39 is 75.2 Å². The number of alkyl halides is 5. The average Bonchev–Trinajstić information content (AvgIpc) is 2.89. The zero-order valence-corrected chi connectivity index (χ0v) is 21.9. The van der Waals surface area contributed by atoms with Crippen LogP contribution in [0.1, 0.15) is 34.4 Å². The molecule has 0 bridgehead atoms. The Morgan fingerprint density at radius 1 is 0.727 bits per heavy atom. The van der Waals surface area contributed by atoms with Crippen molar-refractivity contribution in [1.82, 2.24) is 4.98 Å². The largest absolute Gasteiger partial charge is 0.432 e. The van der Waals surface area contributed by atoms with Gasteiger partial charge in [-0.3, -0.25) is 0 Å². The molecule has 0 saturated heterocycles. The van der Waals surface area contributed by atoms with Crippen molar-refractivity contribution >= 4 is 0 Å². The third-order valence-corrected chi connectivity index (χ3v) is 6.01. The van der Waals surface area contributed by atoms with Crippen molar-refractivity contribution < 1.29 is 53.0 Å². The lowest BCUT2D eigenvalue weighted by Crippen LogP contribution is -2.25. The van der Waals surface area contributed by atoms with Crippen LogP contribution in [-0.4, -0.2) is 4.98 Å². The van der Waals surface area contributed by atoms with Crippen LogP contribution < -0.4 is 4.74 Å². The highest BCUT2D eigenvalue weighted by atomic mass is 19.4. The minimum atomic E-state index is -5.52. The third kappa shape index (κ3) is 7.02. The number of pyridine rings is 1. The maximum absolute atomic E-state index is 14.9. The quantitative estimate of drug-likeness (QED) is 0.116. The van der Waals surface area contributed by atoms with Crippen molar-refractivity contribution in [1.29, 1.82) is 0 Å². The molecule has 228 valence electrons. The summed E-state index contributed by atoms with van der Waals surface area (Å²) in [5.41, 5.74) is -5.39. The second-order valence-corrected chi connectivity index (χ2v) is 9.14. The number of aromatic nitrogens is 1. The number of nitrogens with zero attached hydrogens (tertiary/aromatic N) is 1. The molecule has 0 saturated carbocycles. The molecule has 0 N–H and O–H groups in total. The standard InChI is InChI=1S/C31H16F11NO/c1-2-3-4-16-5-7-19(43-15-16)8-6-17-9-21(32)27(22(33)10-17)18-11-23(34)29(24(35)12-18)31(41,42)44-20-13-25(36)28(26(37)14-20)30(38,39)40/h2,5,7,9-15H,1,3-4H2. The predicted octanol–water partition coefficient (Wildman–Crippen LogP) is 9.25. The Kier molecular flexibility index (Phi) is 9.03. The van der Waals surface area contributed by atoms with Crippen molar-refractivity contribution in [3.8, 4) is 28.7 Å². The van der Waals surface area contributed by atoms with Crippen LogP contribution in [0.5, 0.6) is 5.75 Å². The molecule has 1 aromatic heterocycles. The molecular weight excluding hydrogens is 611 g/mol. The van der Waals surface area contributed by atoms with Gasteiger partial charge in [-0.15, -0.1) is 6.58 Å². The summed E-state index contributed by atoms with van der Waals surface area (Å²) in [6.45, 7) is 3.62. The number of hydrogen-bond donors (Lipinski definition) is 0. The van der Waals surface area contributed by atoms with Gasteiger partial charge < -0.3 is 4.74 Å². The molecule has 2 nitrogen and oxygen atoms in total. The summed E-state index contributed by atoms with van der Waals surface area (Å²) in [7, 11) is 0. The van der Waals surface area contributed by atoms with E-state index in [4.69, 9.17) is 0 Å². The zero-order chi connectivity index (χ0) is 32.4. The third-order valence-electron chi connectivity index (χ3n) is 6.01. The van der Waals surface area contributed by atoms with Crippen LogP contribution in [0.3, 0.4) is 0 Å². The van der Waals surface area contributed by atoms with Crippen molar-refractivity contribution in [2.45, 2.75) is 25.1 Å². The van der Waals surface area contributed by atoms with Crippen molar-refractivity contribution in [2.24, 2.45) is 0 Å². The normalized spacial score (nSPS) is 11.6. The summed E-state index contributed by atoms with van der Waals surface area (Å²) in [4.78, 5) is 4.12. The molecule has 0 radical (unpaired) electrons. The van der Waals surface area contributed by atoms with E-state index >= 15 is 0 Å². The van der Waals surface area contributed by atoms with E-state index in [9.17, 15) is 48.3 Å². The van der Waals surface area contributed by atoms with Gasteiger partial charge in [0.1, 0.15) is 57.5 Å². The maximum Gasteiger partial charge on any atom is 0.432 e. The first-order valence-electron chi connectivity index (χ1n) is 12.3. The Morgan fingerprint density at radius 3 is 1.80 bits per heavy atom. The van der Waals surface area contributed by atoms with Crippen LogP contribution in [0, 0.1) is 46.7 Å².